The van der Waals surface area contributed by atoms with Crippen molar-refractivity contribution < 1.29 is 42.2 Å². The molecule has 0 aliphatic carbocycles. The molecule has 1 heterocycles. The van der Waals surface area contributed by atoms with Gasteiger partial charge in [-0.05, 0) is 25.0 Å². The van der Waals surface area contributed by atoms with Crippen LogP contribution in [0, 0.1) is 20.4 Å². The van der Waals surface area contributed by atoms with Crippen LogP contribution in [0.5, 0.6) is 0 Å². The molecule has 0 saturated carbocycles. The molecule has 0 bridgehead atoms. The minimum Gasteiger partial charge on any atom is -0.320 e. The molecule has 0 spiro atoms. The zero-order valence-corrected chi connectivity index (χ0v) is 15.8. The molecule has 1 radical (unpaired) electrons. The van der Waals surface area contributed by atoms with Crippen molar-refractivity contribution in [2.75, 3.05) is 11.9 Å². The summed E-state index contributed by atoms with van der Waals surface area (Å²) < 4.78 is 3.69. The van der Waals surface area contributed by atoms with Crippen molar-refractivity contribution in [2.24, 2.45) is 0 Å². The monoisotopic (exact) mass is 372 g/mol. The maximum absolute atomic E-state index is 12.2. The Labute approximate surface area is 156 Å². The average Bonchev–Trinajstić information content (AvgIpc) is 2.88. The summed E-state index contributed by atoms with van der Waals surface area (Å²) in [6.45, 7) is 12.0. The van der Waals surface area contributed by atoms with Crippen molar-refractivity contribution in [2.45, 2.75) is 26.9 Å². The number of para-hydroxylation sites is 1. The van der Waals surface area contributed by atoms with E-state index in [1.54, 1.807) is 0 Å². The van der Waals surface area contributed by atoms with Gasteiger partial charge in [-0.25, -0.2) is 6.57 Å². The van der Waals surface area contributed by atoms with Gasteiger partial charge >= 0.3 is 0 Å². The number of nitrogens with zero attached hydrogens (tertiary/aromatic N) is 3. The molecular weight excluding hydrogens is 353 g/mol. The smallest absolute Gasteiger partial charge is 0.292 e. The second-order valence-corrected chi connectivity index (χ2v) is 4.95. The molecule has 0 aliphatic rings. The Bertz CT molecular complexity index is 667. The fourth-order valence-electron chi connectivity index (χ4n) is 2.25. The third-order valence-corrected chi connectivity index (χ3v) is 3.34. The molecule has 0 unspecified atom stereocenters. The molecule has 0 aliphatic heterocycles. The van der Waals surface area contributed by atoms with Gasteiger partial charge in [-0.3, -0.25) is 4.79 Å². The molecule has 6 heteroatoms. The van der Waals surface area contributed by atoms with Gasteiger partial charge in [0.1, 0.15) is 6.54 Å². The molecule has 0 atom stereocenters. The van der Waals surface area contributed by atoms with Crippen LogP contribution in [0.25, 0.3) is 4.85 Å². The summed E-state index contributed by atoms with van der Waals surface area (Å²) in [5.41, 5.74) is 2.98. The molecule has 0 saturated heterocycles. The van der Waals surface area contributed by atoms with Crippen molar-refractivity contribution in [1.82, 2.24) is 4.68 Å². The summed E-state index contributed by atoms with van der Waals surface area (Å²) >= 11 is 0. The quantitative estimate of drug-likeness (QED) is 0.633. The van der Waals surface area contributed by atoms with Crippen molar-refractivity contribution in [3.8, 4) is 0 Å². The topological polar surface area (TPSA) is 42.3 Å². The first-order valence-electron chi connectivity index (χ1n) is 6.86. The Morgan fingerprint density at radius 2 is 2.00 bits per heavy atom. The number of aryl methyl sites for hydroxylation is 2. The molecule has 22 heavy (non-hydrogen) atoms. The minimum atomic E-state index is -0.0693. The Kier molecular flexibility index (Phi) is 7.43. The van der Waals surface area contributed by atoms with Crippen LogP contribution < -0.4 is 10.00 Å². The third-order valence-electron chi connectivity index (χ3n) is 3.34. The van der Waals surface area contributed by atoms with Gasteiger partial charge in [0, 0.05) is 44.5 Å². The zero-order chi connectivity index (χ0) is 15.2. The molecule has 1 N–H and O–H groups in total. The number of amides is 1. The Morgan fingerprint density at radius 3 is 2.64 bits per heavy atom. The van der Waals surface area contributed by atoms with E-state index in [0.717, 1.165) is 16.8 Å². The average molecular weight is 372 g/mol. The summed E-state index contributed by atoms with van der Waals surface area (Å²) in [6.07, 6.45) is 3.71. The number of rotatable bonds is 5. The largest absolute Gasteiger partial charge is 0.320 e. The van der Waals surface area contributed by atoms with Crippen molar-refractivity contribution in [3.63, 3.8) is 0 Å². The van der Waals surface area contributed by atoms with Crippen LogP contribution in [0.4, 0.5) is 5.69 Å². The van der Waals surface area contributed by atoms with Gasteiger partial charge < -0.3 is 10.2 Å². The maximum atomic E-state index is 12.2. The Morgan fingerprint density at radius 1 is 1.32 bits per heavy atom. The van der Waals surface area contributed by atoms with Crippen LogP contribution >= 0.6 is 0 Å². The van der Waals surface area contributed by atoms with Gasteiger partial charge in [-0.15, -0.1) is 4.68 Å². The summed E-state index contributed by atoms with van der Waals surface area (Å²) in [5, 5.41) is 2.97. The first-order valence-corrected chi connectivity index (χ1v) is 6.86. The van der Waals surface area contributed by atoms with Crippen molar-refractivity contribution in [1.29, 1.82) is 0 Å². The van der Waals surface area contributed by atoms with E-state index in [4.69, 9.17) is 6.57 Å². The SMILES string of the molecule is [C-]#[N+]CCn1ccc[n+]1CC(=O)Nc1c(C)cccc1C.[Y]. The van der Waals surface area contributed by atoms with Crippen LogP contribution in [-0.2, 0) is 50.6 Å². The number of nitrogens with one attached hydrogen (secondary N) is 1. The van der Waals surface area contributed by atoms with Crippen LogP contribution in [0.3, 0.4) is 0 Å². The molecule has 5 nitrogen and oxygen atoms in total. The van der Waals surface area contributed by atoms with Crippen LogP contribution in [-0.4, -0.2) is 17.1 Å². The summed E-state index contributed by atoms with van der Waals surface area (Å²) in [6, 6.07) is 7.81. The van der Waals surface area contributed by atoms with E-state index in [2.05, 4.69) is 10.2 Å². The summed E-state index contributed by atoms with van der Waals surface area (Å²) in [7, 11) is 0. The Hall–Kier alpha value is -1.51. The molecule has 2 rings (SSSR count). The predicted molar refractivity (Wildman–Crippen MR) is 80.6 cm³/mol. The molecule has 1 aromatic carbocycles. The molecule has 111 valence electrons. The Balaban J connectivity index is 0.00000242. The van der Waals surface area contributed by atoms with E-state index in [0.29, 0.717) is 13.1 Å². The molecule has 2 aromatic rings. The second-order valence-electron chi connectivity index (χ2n) is 4.95. The first kappa shape index (κ1) is 18.5. The van der Waals surface area contributed by atoms with Gasteiger partial charge in [0.05, 0.1) is 6.20 Å². The van der Waals surface area contributed by atoms with E-state index in [1.165, 1.54) is 0 Å². The van der Waals surface area contributed by atoms with Gasteiger partial charge in [0.2, 0.25) is 13.1 Å². The van der Waals surface area contributed by atoms with Crippen LogP contribution in [0.15, 0.2) is 36.7 Å². The van der Waals surface area contributed by atoms with Gasteiger partial charge in [0.15, 0.2) is 6.20 Å². The van der Waals surface area contributed by atoms with Crippen molar-refractivity contribution >= 4 is 11.6 Å². The number of aromatic nitrogens is 2. The molecular formula is C16H19N4OY+. The standard InChI is InChI=1S/C16H18N4O.Y/c1-13-6-4-7-14(2)16(13)18-15(21)12-20-10-5-9-19(20)11-8-17-3;/h4-7,9-10H,8,11-12H2,1-2H3;/p+1. The predicted octanol–water partition coefficient (Wildman–Crippen LogP) is 1.95. The molecule has 1 amide bonds. The van der Waals surface area contributed by atoms with E-state index in [-0.39, 0.29) is 45.2 Å². The van der Waals surface area contributed by atoms with Crippen LogP contribution in [0.2, 0.25) is 0 Å². The zero-order valence-electron chi connectivity index (χ0n) is 12.9. The fourth-order valence-corrected chi connectivity index (χ4v) is 2.25. The number of benzene rings is 1. The van der Waals surface area contributed by atoms with Crippen molar-refractivity contribution in [3.05, 3.63) is 59.2 Å². The number of anilines is 1. The molecule has 1 aromatic heterocycles. The molecule has 0 fully saturated rings. The minimum absolute atomic E-state index is 0. The van der Waals surface area contributed by atoms with Gasteiger partial charge in [-0.2, -0.15) is 4.68 Å². The normalized spacial score (nSPS) is 9.68. The number of carbonyl (C=O) groups is 1. The first-order chi connectivity index (χ1) is 10.1. The van der Waals surface area contributed by atoms with Gasteiger partial charge in [0.25, 0.3) is 5.91 Å². The summed E-state index contributed by atoms with van der Waals surface area (Å²) in [5.74, 6) is -0.0693. The number of hydrogen-bond acceptors (Lipinski definition) is 1. The second kappa shape index (κ2) is 8.82. The summed E-state index contributed by atoms with van der Waals surface area (Å²) in [4.78, 5) is 15.5. The fraction of sp³-hybridized carbons (Fsp3) is 0.312. The van der Waals surface area contributed by atoms with Crippen LogP contribution in [0.1, 0.15) is 11.1 Å². The van der Waals surface area contributed by atoms with E-state index in [9.17, 15) is 4.79 Å². The van der Waals surface area contributed by atoms with E-state index < -0.39 is 0 Å². The third kappa shape index (κ3) is 4.76. The number of hydrogen-bond donors (Lipinski definition) is 1. The van der Waals surface area contributed by atoms with Gasteiger partial charge in [-0.1, -0.05) is 18.2 Å². The number of carbonyl (C=O) groups excluding carboxylic acids is 1. The maximum Gasteiger partial charge on any atom is 0.292 e. The van der Waals surface area contributed by atoms with E-state index in [1.807, 2.05) is 59.9 Å². The van der Waals surface area contributed by atoms with E-state index >= 15 is 0 Å².